The molecule has 2 amide bonds. The van der Waals surface area contributed by atoms with Gasteiger partial charge in [-0.05, 0) is 55.3 Å². The highest BCUT2D eigenvalue weighted by molar-refractivity contribution is 5.94. The van der Waals surface area contributed by atoms with Crippen molar-refractivity contribution in [2.24, 2.45) is 0 Å². The van der Waals surface area contributed by atoms with Crippen LogP contribution in [0.15, 0.2) is 54.6 Å². The van der Waals surface area contributed by atoms with E-state index in [9.17, 15) is 4.79 Å². The molecule has 0 N–H and O–H groups in total. The number of anilines is 2. The number of amides is 2. The van der Waals surface area contributed by atoms with Crippen molar-refractivity contribution in [2.75, 3.05) is 62.7 Å². The van der Waals surface area contributed by atoms with Crippen LogP contribution in [0.5, 0.6) is 0 Å². The molecule has 0 aliphatic carbocycles. The van der Waals surface area contributed by atoms with Crippen molar-refractivity contribution in [3.8, 4) is 0 Å². The maximum absolute atomic E-state index is 12.3. The third kappa shape index (κ3) is 4.15. The summed E-state index contributed by atoms with van der Waals surface area (Å²) >= 11 is 0. The third-order valence-electron chi connectivity index (χ3n) is 6.72. The topological polar surface area (TPSA) is 42.9 Å². The molecule has 0 bridgehead atoms. The molecule has 2 fully saturated rings. The first-order chi connectivity index (χ1) is 15.6. The predicted molar refractivity (Wildman–Crippen MR) is 131 cm³/mol. The molecule has 32 heavy (non-hydrogen) atoms. The van der Waals surface area contributed by atoms with Crippen molar-refractivity contribution in [1.82, 2.24) is 14.8 Å². The summed E-state index contributed by atoms with van der Waals surface area (Å²) in [5.74, 6) is 0. The van der Waals surface area contributed by atoms with E-state index in [-0.39, 0.29) is 6.03 Å². The lowest BCUT2D eigenvalue weighted by Gasteiger charge is -2.36. The molecule has 2 aliphatic rings. The Kier molecular flexibility index (Phi) is 5.70. The van der Waals surface area contributed by atoms with E-state index in [1.165, 1.54) is 16.6 Å². The fraction of sp³-hybridized carbons (Fsp3) is 0.385. The SMILES string of the molecule is Cc1ccc2c(N3CCN(CCc4cccc(N5CCN(C)C5=O)c4)CC3)cccc2n1. The van der Waals surface area contributed by atoms with Crippen molar-refractivity contribution < 1.29 is 4.79 Å². The minimum absolute atomic E-state index is 0.0945. The number of carbonyl (C=O) groups is 1. The van der Waals surface area contributed by atoms with E-state index in [2.05, 4.69) is 63.3 Å². The molecule has 3 heterocycles. The van der Waals surface area contributed by atoms with Crippen LogP contribution in [0.4, 0.5) is 16.2 Å². The molecule has 0 saturated carbocycles. The molecule has 2 saturated heterocycles. The lowest BCUT2D eigenvalue weighted by atomic mass is 10.1. The van der Waals surface area contributed by atoms with Crippen LogP contribution in [0.25, 0.3) is 10.9 Å². The average Bonchev–Trinajstić information content (AvgIpc) is 3.16. The van der Waals surface area contributed by atoms with E-state index in [0.29, 0.717) is 0 Å². The number of fused-ring (bicyclic) bond motifs is 1. The second-order valence-electron chi connectivity index (χ2n) is 8.90. The highest BCUT2D eigenvalue weighted by Gasteiger charge is 2.26. The molecule has 5 rings (SSSR count). The van der Waals surface area contributed by atoms with Crippen molar-refractivity contribution in [2.45, 2.75) is 13.3 Å². The Labute approximate surface area is 190 Å². The molecule has 0 unspecified atom stereocenters. The van der Waals surface area contributed by atoms with E-state index in [1.54, 1.807) is 4.90 Å². The number of aromatic nitrogens is 1. The molecular formula is C26H31N5O. The molecule has 3 aromatic rings. The van der Waals surface area contributed by atoms with Crippen LogP contribution in [0.1, 0.15) is 11.3 Å². The summed E-state index contributed by atoms with van der Waals surface area (Å²) in [7, 11) is 1.86. The van der Waals surface area contributed by atoms with Crippen molar-refractivity contribution >= 4 is 28.3 Å². The first-order valence-electron chi connectivity index (χ1n) is 11.5. The van der Waals surface area contributed by atoms with Crippen LogP contribution >= 0.6 is 0 Å². The second kappa shape index (κ2) is 8.79. The molecule has 0 radical (unpaired) electrons. The van der Waals surface area contributed by atoms with Gasteiger partial charge in [-0.2, -0.15) is 0 Å². The largest absolute Gasteiger partial charge is 0.368 e. The number of piperazine rings is 1. The third-order valence-corrected chi connectivity index (χ3v) is 6.72. The standard InChI is InChI=1S/C26H31N5O/c1-20-9-10-23-24(27-20)7-4-8-25(23)30-16-14-29(15-17-30)12-11-21-5-3-6-22(19-21)31-18-13-28(2)26(31)32/h3-10,19H,11-18H2,1-2H3. The number of hydrogen-bond acceptors (Lipinski definition) is 4. The van der Waals surface area contributed by atoms with Crippen molar-refractivity contribution in [3.05, 3.63) is 65.9 Å². The summed E-state index contributed by atoms with van der Waals surface area (Å²) in [4.78, 5) is 25.7. The summed E-state index contributed by atoms with van der Waals surface area (Å²) in [5.41, 5.74) is 5.74. The maximum Gasteiger partial charge on any atom is 0.324 e. The average molecular weight is 430 g/mol. The first kappa shape index (κ1) is 20.8. The van der Waals surface area contributed by atoms with Crippen LogP contribution < -0.4 is 9.80 Å². The van der Waals surface area contributed by atoms with Gasteiger partial charge < -0.3 is 9.80 Å². The van der Waals surface area contributed by atoms with E-state index < -0.39 is 0 Å². The van der Waals surface area contributed by atoms with Gasteiger partial charge in [0.15, 0.2) is 0 Å². The second-order valence-corrected chi connectivity index (χ2v) is 8.90. The van der Waals surface area contributed by atoms with Gasteiger partial charge in [-0.1, -0.05) is 18.2 Å². The van der Waals surface area contributed by atoms with Crippen molar-refractivity contribution in [1.29, 1.82) is 0 Å². The molecule has 0 spiro atoms. The molecule has 1 aromatic heterocycles. The number of urea groups is 1. The van der Waals surface area contributed by atoms with Gasteiger partial charge in [0.05, 0.1) is 5.52 Å². The van der Waals surface area contributed by atoms with Gasteiger partial charge in [0, 0.05) is 75.3 Å². The Hall–Kier alpha value is -3.12. The zero-order valence-corrected chi connectivity index (χ0v) is 19.0. The van der Waals surface area contributed by atoms with Gasteiger partial charge >= 0.3 is 6.03 Å². The van der Waals surface area contributed by atoms with E-state index in [1.807, 2.05) is 24.9 Å². The lowest BCUT2D eigenvalue weighted by molar-refractivity contribution is 0.229. The zero-order valence-electron chi connectivity index (χ0n) is 19.0. The fourth-order valence-corrected chi connectivity index (χ4v) is 4.78. The molecule has 6 nitrogen and oxygen atoms in total. The van der Waals surface area contributed by atoms with Gasteiger partial charge in [-0.3, -0.25) is 14.8 Å². The first-order valence-corrected chi connectivity index (χ1v) is 11.5. The van der Waals surface area contributed by atoms with E-state index >= 15 is 0 Å². The Morgan fingerprint density at radius 1 is 0.906 bits per heavy atom. The van der Waals surface area contributed by atoms with Crippen LogP contribution in [0, 0.1) is 6.92 Å². The number of hydrogen-bond donors (Lipinski definition) is 0. The van der Waals surface area contributed by atoms with Crippen LogP contribution in [-0.2, 0) is 6.42 Å². The Morgan fingerprint density at radius 2 is 1.72 bits per heavy atom. The maximum atomic E-state index is 12.3. The summed E-state index contributed by atoms with van der Waals surface area (Å²) in [5, 5.41) is 1.24. The molecule has 6 heteroatoms. The molecule has 166 valence electrons. The number of pyridine rings is 1. The molecule has 2 aliphatic heterocycles. The molecule has 0 atom stereocenters. The lowest BCUT2D eigenvalue weighted by Crippen LogP contribution is -2.47. The zero-order chi connectivity index (χ0) is 22.1. The highest BCUT2D eigenvalue weighted by atomic mass is 16.2. The Bertz CT molecular complexity index is 1120. The van der Waals surface area contributed by atoms with Crippen LogP contribution in [-0.4, -0.2) is 73.7 Å². The van der Waals surface area contributed by atoms with Crippen molar-refractivity contribution in [3.63, 3.8) is 0 Å². The number of likely N-dealkylation sites (N-methyl/N-ethyl adjacent to an activating group) is 1. The number of rotatable bonds is 5. The minimum atomic E-state index is 0.0945. The molecule has 2 aromatic carbocycles. The van der Waals surface area contributed by atoms with Gasteiger partial charge in [0.25, 0.3) is 0 Å². The Balaban J connectivity index is 1.19. The van der Waals surface area contributed by atoms with Crippen LogP contribution in [0.3, 0.4) is 0 Å². The minimum Gasteiger partial charge on any atom is -0.368 e. The summed E-state index contributed by atoms with van der Waals surface area (Å²) < 4.78 is 0. The number of carbonyl (C=O) groups excluding carboxylic acids is 1. The van der Waals surface area contributed by atoms with E-state index in [0.717, 1.165) is 69.1 Å². The fourth-order valence-electron chi connectivity index (χ4n) is 4.78. The summed E-state index contributed by atoms with van der Waals surface area (Å²) in [6.07, 6.45) is 1.00. The Morgan fingerprint density at radius 3 is 2.50 bits per heavy atom. The monoisotopic (exact) mass is 429 g/mol. The number of benzene rings is 2. The van der Waals surface area contributed by atoms with Crippen LogP contribution in [0.2, 0.25) is 0 Å². The predicted octanol–water partition coefficient (Wildman–Crippen LogP) is 3.78. The highest BCUT2D eigenvalue weighted by Crippen LogP contribution is 2.27. The number of aryl methyl sites for hydroxylation is 1. The normalized spacial score (nSPS) is 17.6. The van der Waals surface area contributed by atoms with Gasteiger partial charge in [-0.25, -0.2) is 4.79 Å². The van der Waals surface area contributed by atoms with Gasteiger partial charge in [0.1, 0.15) is 0 Å². The van der Waals surface area contributed by atoms with E-state index in [4.69, 9.17) is 0 Å². The molecular weight excluding hydrogens is 398 g/mol. The number of nitrogens with zero attached hydrogens (tertiary/aromatic N) is 5. The smallest absolute Gasteiger partial charge is 0.324 e. The summed E-state index contributed by atoms with van der Waals surface area (Å²) in [6, 6.07) is 19.3. The quantitative estimate of drug-likeness (QED) is 0.619. The summed E-state index contributed by atoms with van der Waals surface area (Å²) in [6.45, 7) is 8.83. The van der Waals surface area contributed by atoms with Gasteiger partial charge in [-0.15, -0.1) is 0 Å². The van der Waals surface area contributed by atoms with Gasteiger partial charge in [0.2, 0.25) is 0 Å².